The van der Waals surface area contributed by atoms with Crippen molar-refractivity contribution < 1.29 is 9.53 Å². The number of carbonyl (C=O) groups is 1. The Bertz CT molecular complexity index is 683. The lowest BCUT2D eigenvalue weighted by atomic mass is 9.98. The van der Waals surface area contributed by atoms with Gasteiger partial charge in [0.05, 0.1) is 18.8 Å². The number of nitrogens with zero attached hydrogens (tertiary/aromatic N) is 2. The summed E-state index contributed by atoms with van der Waals surface area (Å²) >= 11 is 0. The van der Waals surface area contributed by atoms with Gasteiger partial charge in [-0.05, 0) is 31.2 Å². The first-order valence-corrected chi connectivity index (χ1v) is 8.34. The zero-order valence-corrected chi connectivity index (χ0v) is 14.5. The second-order valence-corrected chi connectivity index (χ2v) is 6.47. The Morgan fingerprint density at radius 3 is 2.75 bits per heavy atom. The van der Waals surface area contributed by atoms with Crippen molar-refractivity contribution in [3.05, 3.63) is 59.4 Å². The number of hydrogen-bond acceptors (Lipinski definition) is 3. The number of benzene rings is 1. The number of H-pyrrole nitrogens is 1. The Morgan fingerprint density at radius 2 is 2.08 bits per heavy atom. The molecule has 128 valence electrons. The van der Waals surface area contributed by atoms with Crippen LogP contribution >= 0.6 is 0 Å². The summed E-state index contributed by atoms with van der Waals surface area (Å²) < 4.78 is 6.04. The van der Waals surface area contributed by atoms with E-state index >= 15 is 0 Å². The molecule has 1 N–H and O–H groups in total. The van der Waals surface area contributed by atoms with Crippen LogP contribution in [0.3, 0.4) is 0 Å². The third kappa shape index (κ3) is 3.37. The van der Waals surface area contributed by atoms with E-state index in [2.05, 4.69) is 29.1 Å². The highest BCUT2D eigenvalue weighted by Crippen LogP contribution is 2.28. The van der Waals surface area contributed by atoms with Crippen LogP contribution in [-0.4, -0.2) is 60.6 Å². The number of carbonyl (C=O) groups excluding carboxylic acids is 1. The number of nitrogens with one attached hydrogen (secondary N) is 1. The van der Waals surface area contributed by atoms with Crippen LogP contribution in [0.4, 0.5) is 0 Å². The monoisotopic (exact) mass is 327 g/mol. The minimum Gasteiger partial charge on any atom is -0.373 e. The van der Waals surface area contributed by atoms with E-state index in [4.69, 9.17) is 4.74 Å². The quantitative estimate of drug-likeness (QED) is 0.938. The first kappa shape index (κ1) is 16.7. The predicted octanol–water partition coefficient (Wildman–Crippen LogP) is 2.47. The summed E-state index contributed by atoms with van der Waals surface area (Å²) in [6.45, 7) is 4.08. The minimum absolute atomic E-state index is 0.00105. The molecule has 0 saturated carbocycles. The fourth-order valence-corrected chi connectivity index (χ4v) is 3.36. The van der Waals surface area contributed by atoms with Crippen molar-refractivity contribution in [1.29, 1.82) is 0 Å². The van der Waals surface area contributed by atoms with E-state index in [1.165, 1.54) is 5.56 Å². The Kier molecular flexibility index (Phi) is 5.02. The number of aryl methyl sites for hydroxylation is 1. The molecule has 2 atom stereocenters. The summed E-state index contributed by atoms with van der Waals surface area (Å²) in [5.41, 5.74) is 2.84. The number of aromatic amines is 1. The number of aromatic nitrogens is 1. The van der Waals surface area contributed by atoms with Gasteiger partial charge in [0.25, 0.3) is 5.91 Å². The summed E-state index contributed by atoms with van der Waals surface area (Å²) in [5.74, 6) is 0.00105. The van der Waals surface area contributed by atoms with Crippen LogP contribution in [0.25, 0.3) is 0 Å². The van der Waals surface area contributed by atoms with Crippen LogP contribution in [0.1, 0.15) is 27.7 Å². The van der Waals surface area contributed by atoms with Crippen LogP contribution in [-0.2, 0) is 4.74 Å². The molecule has 5 heteroatoms. The van der Waals surface area contributed by atoms with Gasteiger partial charge < -0.3 is 14.6 Å². The highest BCUT2D eigenvalue weighted by molar-refractivity contribution is 5.93. The smallest absolute Gasteiger partial charge is 0.270 e. The molecule has 5 nitrogen and oxygen atoms in total. The maximum atomic E-state index is 12.7. The van der Waals surface area contributed by atoms with Gasteiger partial charge in [-0.15, -0.1) is 0 Å². The highest BCUT2D eigenvalue weighted by Gasteiger charge is 2.33. The molecular formula is C19H25N3O2. The van der Waals surface area contributed by atoms with E-state index < -0.39 is 0 Å². The molecular weight excluding hydrogens is 302 g/mol. The van der Waals surface area contributed by atoms with Gasteiger partial charge in [0.15, 0.2) is 0 Å². The highest BCUT2D eigenvalue weighted by atomic mass is 16.5. The van der Waals surface area contributed by atoms with E-state index in [1.807, 2.05) is 38.2 Å². The van der Waals surface area contributed by atoms with Gasteiger partial charge in [-0.1, -0.05) is 30.3 Å². The molecule has 3 rings (SSSR count). The first-order chi connectivity index (χ1) is 11.6. The molecule has 0 spiro atoms. The number of rotatable bonds is 4. The standard InChI is InChI=1S/C19H25N3O2/c1-14-9-10-20-17(14)19(23)22(3)13-16-18(21(2)11-12-24-16)15-7-5-4-6-8-15/h4-10,16,18,20H,11-13H2,1-3H3/t16-,18-/m0/s1. The predicted molar refractivity (Wildman–Crippen MR) is 94.0 cm³/mol. The molecule has 1 amide bonds. The molecule has 1 aromatic heterocycles. The van der Waals surface area contributed by atoms with Crippen LogP contribution in [0, 0.1) is 6.92 Å². The number of hydrogen-bond donors (Lipinski definition) is 1. The SMILES string of the molecule is Cc1cc[nH]c1C(=O)N(C)C[C@@H]1OCCN(C)[C@H]1c1ccccc1. The Morgan fingerprint density at radius 1 is 1.33 bits per heavy atom. The molecule has 2 aromatic rings. The molecule has 1 aromatic carbocycles. The van der Waals surface area contributed by atoms with Crippen LogP contribution in [0.15, 0.2) is 42.6 Å². The van der Waals surface area contributed by atoms with Crippen molar-refractivity contribution in [2.24, 2.45) is 0 Å². The lowest BCUT2D eigenvalue weighted by Gasteiger charge is -2.40. The molecule has 0 bridgehead atoms. The van der Waals surface area contributed by atoms with Gasteiger partial charge in [0, 0.05) is 26.3 Å². The van der Waals surface area contributed by atoms with Crippen molar-refractivity contribution in [2.75, 3.05) is 33.8 Å². The maximum Gasteiger partial charge on any atom is 0.270 e. The lowest BCUT2D eigenvalue weighted by molar-refractivity contribution is -0.0708. The third-order valence-corrected chi connectivity index (χ3v) is 4.71. The van der Waals surface area contributed by atoms with Gasteiger partial charge in [-0.2, -0.15) is 0 Å². The molecule has 24 heavy (non-hydrogen) atoms. The number of likely N-dealkylation sites (N-methyl/N-ethyl adjacent to an activating group) is 2. The number of morpholine rings is 1. The molecule has 0 unspecified atom stereocenters. The summed E-state index contributed by atoms with van der Waals surface area (Å²) in [7, 11) is 3.95. The van der Waals surface area contributed by atoms with E-state index in [0.717, 1.165) is 12.1 Å². The lowest BCUT2D eigenvalue weighted by Crippen LogP contribution is -2.48. The zero-order chi connectivity index (χ0) is 17.1. The van der Waals surface area contributed by atoms with Crippen molar-refractivity contribution in [2.45, 2.75) is 19.1 Å². The second kappa shape index (κ2) is 7.20. The Labute approximate surface area is 143 Å². The summed E-state index contributed by atoms with van der Waals surface area (Å²) in [5, 5.41) is 0. The average molecular weight is 327 g/mol. The van der Waals surface area contributed by atoms with Gasteiger partial charge in [-0.3, -0.25) is 9.69 Å². The fourth-order valence-electron chi connectivity index (χ4n) is 3.36. The van der Waals surface area contributed by atoms with Gasteiger partial charge in [0.2, 0.25) is 0 Å². The topological polar surface area (TPSA) is 48.6 Å². The Hall–Kier alpha value is -2.11. The molecule has 1 saturated heterocycles. The van der Waals surface area contributed by atoms with Crippen molar-refractivity contribution in [3.63, 3.8) is 0 Å². The van der Waals surface area contributed by atoms with Gasteiger partial charge in [0.1, 0.15) is 5.69 Å². The van der Waals surface area contributed by atoms with Gasteiger partial charge in [-0.25, -0.2) is 0 Å². The summed E-state index contributed by atoms with van der Waals surface area (Å²) in [6, 6.07) is 12.4. The van der Waals surface area contributed by atoms with Crippen LogP contribution in [0.2, 0.25) is 0 Å². The number of amides is 1. The van der Waals surface area contributed by atoms with Crippen LogP contribution in [0.5, 0.6) is 0 Å². The van der Waals surface area contributed by atoms with Gasteiger partial charge >= 0.3 is 0 Å². The van der Waals surface area contributed by atoms with E-state index in [0.29, 0.717) is 18.8 Å². The molecule has 0 aliphatic carbocycles. The third-order valence-electron chi connectivity index (χ3n) is 4.71. The van der Waals surface area contributed by atoms with E-state index in [1.54, 1.807) is 11.1 Å². The normalized spacial score (nSPS) is 21.6. The second-order valence-electron chi connectivity index (χ2n) is 6.47. The fraction of sp³-hybridized carbons (Fsp3) is 0.421. The van der Waals surface area contributed by atoms with Crippen molar-refractivity contribution in [3.8, 4) is 0 Å². The largest absolute Gasteiger partial charge is 0.373 e. The van der Waals surface area contributed by atoms with Crippen molar-refractivity contribution >= 4 is 5.91 Å². The van der Waals surface area contributed by atoms with Crippen molar-refractivity contribution in [1.82, 2.24) is 14.8 Å². The molecule has 1 aliphatic heterocycles. The molecule has 1 fully saturated rings. The summed E-state index contributed by atoms with van der Waals surface area (Å²) in [4.78, 5) is 19.7. The molecule has 1 aliphatic rings. The molecule has 0 radical (unpaired) electrons. The Balaban J connectivity index is 1.76. The minimum atomic E-state index is -0.0460. The van der Waals surface area contributed by atoms with E-state index in [9.17, 15) is 4.79 Å². The average Bonchev–Trinajstić information content (AvgIpc) is 3.01. The van der Waals surface area contributed by atoms with E-state index in [-0.39, 0.29) is 18.1 Å². The first-order valence-electron chi connectivity index (χ1n) is 8.34. The zero-order valence-electron chi connectivity index (χ0n) is 14.5. The summed E-state index contributed by atoms with van der Waals surface area (Å²) in [6.07, 6.45) is 1.75. The van der Waals surface area contributed by atoms with Crippen LogP contribution < -0.4 is 0 Å². The maximum absolute atomic E-state index is 12.7. The number of ether oxygens (including phenoxy) is 1. The molecule has 2 heterocycles.